The van der Waals surface area contributed by atoms with Crippen molar-refractivity contribution in [2.75, 3.05) is 20.2 Å². The molecule has 0 unspecified atom stereocenters. The normalized spacial score (nSPS) is 23.1. The molecule has 0 aromatic heterocycles. The van der Waals surface area contributed by atoms with E-state index >= 15 is 0 Å². The highest BCUT2D eigenvalue weighted by molar-refractivity contribution is 7.80. The van der Waals surface area contributed by atoms with Crippen molar-refractivity contribution in [2.24, 2.45) is 11.7 Å². The van der Waals surface area contributed by atoms with Gasteiger partial charge < -0.3 is 15.4 Å². The van der Waals surface area contributed by atoms with E-state index in [0.717, 1.165) is 18.8 Å². The Hall–Kier alpha value is -0.680. The molecule has 1 aliphatic carbocycles. The average Bonchev–Trinajstić information content (AvgIpc) is 2.38. The number of nitrogens with zero attached hydrogens (tertiary/aromatic N) is 1. The van der Waals surface area contributed by atoms with E-state index in [2.05, 4.69) is 6.92 Å². The molecule has 0 spiro atoms. The molecule has 19 heavy (non-hydrogen) atoms. The Labute approximate surface area is 121 Å². The van der Waals surface area contributed by atoms with Crippen molar-refractivity contribution >= 4 is 23.1 Å². The first-order valence-corrected chi connectivity index (χ1v) is 7.53. The van der Waals surface area contributed by atoms with Gasteiger partial charge >= 0.3 is 0 Å². The summed E-state index contributed by atoms with van der Waals surface area (Å²) in [5, 5.41) is 0. The summed E-state index contributed by atoms with van der Waals surface area (Å²) in [5.41, 5.74) is 5.42. The first-order chi connectivity index (χ1) is 8.99. The van der Waals surface area contributed by atoms with Gasteiger partial charge in [0.2, 0.25) is 5.91 Å². The summed E-state index contributed by atoms with van der Waals surface area (Å²) < 4.78 is 5.78. The predicted molar refractivity (Wildman–Crippen MR) is 81.0 cm³/mol. The third-order valence-electron chi connectivity index (χ3n) is 3.75. The Morgan fingerprint density at radius 3 is 2.53 bits per heavy atom. The van der Waals surface area contributed by atoms with Crippen LogP contribution < -0.4 is 5.73 Å². The lowest BCUT2D eigenvalue weighted by atomic mass is 9.89. The first-order valence-electron chi connectivity index (χ1n) is 7.13. The van der Waals surface area contributed by atoms with E-state index in [1.165, 1.54) is 12.8 Å². The zero-order chi connectivity index (χ0) is 14.3. The Morgan fingerprint density at radius 2 is 1.95 bits per heavy atom. The lowest BCUT2D eigenvalue weighted by Crippen LogP contribution is -2.31. The van der Waals surface area contributed by atoms with Crippen LogP contribution in [0.3, 0.4) is 0 Å². The van der Waals surface area contributed by atoms with Crippen molar-refractivity contribution < 1.29 is 9.53 Å². The zero-order valence-electron chi connectivity index (χ0n) is 12.1. The van der Waals surface area contributed by atoms with Gasteiger partial charge in [-0.1, -0.05) is 19.1 Å². The van der Waals surface area contributed by atoms with E-state index in [-0.39, 0.29) is 5.91 Å². The fraction of sp³-hybridized carbons (Fsp3) is 0.857. The maximum Gasteiger partial charge on any atom is 0.224 e. The molecule has 1 amide bonds. The highest BCUT2D eigenvalue weighted by Crippen LogP contribution is 2.25. The predicted octanol–water partition coefficient (Wildman–Crippen LogP) is 2.11. The van der Waals surface area contributed by atoms with Crippen molar-refractivity contribution in [3.8, 4) is 0 Å². The molecule has 1 aliphatic rings. The smallest absolute Gasteiger partial charge is 0.224 e. The Bertz CT molecular complexity index is 302. The molecule has 110 valence electrons. The van der Waals surface area contributed by atoms with Crippen molar-refractivity contribution in [3.05, 3.63) is 0 Å². The summed E-state index contributed by atoms with van der Waals surface area (Å²) in [6, 6.07) is 0. The van der Waals surface area contributed by atoms with Gasteiger partial charge in [0, 0.05) is 20.0 Å². The van der Waals surface area contributed by atoms with E-state index in [0.29, 0.717) is 37.1 Å². The third kappa shape index (κ3) is 6.87. The van der Waals surface area contributed by atoms with Crippen LogP contribution in [0.25, 0.3) is 0 Å². The van der Waals surface area contributed by atoms with Crippen LogP contribution in [0.15, 0.2) is 0 Å². The molecular formula is C14H26N2O2S. The molecule has 0 heterocycles. The lowest BCUT2D eigenvalue weighted by molar-refractivity contribution is -0.131. The van der Waals surface area contributed by atoms with E-state index < -0.39 is 0 Å². The van der Waals surface area contributed by atoms with Crippen LogP contribution in [0.1, 0.15) is 45.4 Å². The topological polar surface area (TPSA) is 55.6 Å². The monoisotopic (exact) mass is 286 g/mol. The third-order valence-corrected chi connectivity index (χ3v) is 3.96. The summed E-state index contributed by atoms with van der Waals surface area (Å²) in [6.45, 7) is 3.40. The number of thiocarbonyl (C=S) groups is 1. The van der Waals surface area contributed by atoms with Gasteiger partial charge in [-0.2, -0.15) is 0 Å². The van der Waals surface area contributed by atoms with E-state index in [1.807, 2.05) is 0 Å². The highest BCUT2D eigenvalue weighted by atomic mass is 32.1. The fourth-order valence-electron chi connectivity index (χ4n) is 2.30. The van der Waals surface area contributed by atoms with Gasteiger partial charge in [-0.3, -0.25) is 4.79 Å². The van der Waals surface area contributed by atoms with Crippen molar-refractivity contribution in [2.45, 2.75) is 51.6 Å². The van der Waals surface area contributed by atoms with Crippen molar-refractivity contribution in [1.29, 1.82) is 0 Å². The largest absolute Gasteiger partial charge is 0.393 e. The second-order valence-corrected chi connectivity index (χ2v) is 6.06. The van der Waals surface area contributed by atoms with Crippen molar-refractivity contribution in [1.82, 2.24) is 4.90 Å². The minimum absolute atomic E-state index is 0.0976. The van der Waals surface area contributed by atoms with Gasteiger partial charge in [0.25, 0.3) is 0 Å². The van der Waals surface area contributed by atoms with Crippen LogP contribution in [0.5, 0.6) is 0 Å². The van der Waals surface area contributed by atoms with Gasteiger partial charge in [0.05, 0.1) is 24.1 Å². The van der Waals surface area contributed by atoms with Crippen LogP contribution >= 0.6 is 12.2 Å². The Morgan fingerprint density at radius 1 is 1.32 bits per heavy atom. The number of hydrogen-bond donors (Lipinski definition) is 1. The first kappa shape index (κ1) is 16.4. The minimum atomic E-state index is 0.0976. The molecule has 4 nitrogen and oxygen atoms in total. The maximum absolute atomic E-state index is 11.8. The van der Waals surface area contributed by atoms with Gasteiger partial charge in [-0.25, -0.2) is 0 Å². The second-order valence-electron chi connectivity index (χ2n) is 5.53. The summed E-state index contributed by atoms with van der Waals surface area (Å²) in [7, 11) is 1.78. The van der Waals surface area contributed by atoms with Crippen LogP contribution in [-0.4, -0.2) is 42.1 Å². The molecule has 1 saturated carbocycles. The van der Waals surface area contributed by atoms with Gasteiger partial charge in [0.1, 0.15) is 0 Å². The second kappa shape index (κ2) is 8.48. The molecule has 2 N–H and O–H groups in total. The van der Waals surface area contributed by atoms with Crippen LogP contribution in [0, 0.1) is 5.92 Å². The molecule has 0 radical (unpaired) electrons. The summed E-state index contributed by atoms with van der Waals surface area (Å²) in [4.78, 5) is 13.9. The number of amides is 1. The van der Waals surface area contributed by atoms with Gasteiger partial charge in [-0.15, -0.1) is 0 Å². The SMILES string of the molecule is CC1CCC(OCCC(=O)N(C)CCC(N)=S)CC1. The summed E-state index contributed by atoms with van der Waals surface area (Å²) in [5.74, 6) is 0.924. The number of ether oxygens (including phenoxy) is 1. The quantitative estimate of drug-likeness (QED) is 0.728. The zero-order valence-corrected chi connectivity index (χ0v) is 12.9. The van der Waals surface area contributed by atoms with E-state index in [1.54, 1.807) is 11.9 Å². The lowest BCUT2D eigenvalue weighted by Gasteiger charge is -2.26. The fourth-order valence-corrected chi connectivity index (χ4v) is 2.39. The molecule has 5 heteroatoms. The molecule has 0 atom stereocenters. The molecule has 0 saturated heterocycles. The Kier molecular flexibility index (Phi) is 7.31. The highest BCUT2D eigenvalue weighted by Gasteiger charge is 2.19. The molecule has 0 aliphatic heterocycles. The van der Waals surface area contributed by atoms with Crippen LogP contribution in [-0.2, 0) is 9.53 Å². The molecule has 0 aromatic carbocycles. The minimum Gasteiger partial charge on any atom is -0.393 e. The number of carbonyl (C=O) groups is 1. The molecule has 1 rings (SSSR count). The van der Waals surface area contributed by atoms with E-state index in [9.17, 15) is 4.79 Å². The Balaban J connectivity index is 2.11. The van der Waals surface area contributed by atoms with Crippen LogP contribution in [0.4, 0.5) is 0 Å². The van der Waals surface area contributed by atoms with E-state index in [4.69, 9.17) is 22.7 Å². The molecule has 0 aromatic rings. The molecule has 1 fully saturated rings. The number of nitrogens with two attached hydrogens (primary N) is 1. The molecular weight excluding hydrogens is 260 g/mol. The van der Waals surface area contributed by atoms with Crippen molar-refractivity contribution in [3.63, 3.8) is 0 Å². The summed E-state index contributed by atoms with van der Waals surface area (Å²) in [6.07, 6.45) is 6.13. The van der Waals surface area contributed by atoms with Gasteiger partial charge in [-0.05, 0) is 31.6 Å². The van der Waals surface area contributed by atoms with Crippen LogP contribution in [0.2, 0.25) is 0 Å². The number of rotatable bonds is 7. The molecule has 0 bridgehead atoms. The average molecular weight is 286 g/mol. The number of hydrogen-bond acceptors (Lipinski definition) is 3. The van der Waals surface area contributed by atoms with Gasteiger partial charge in [0.15, 0.2) is 0 Å². The summed E-state index contributed by atoms with van der Waals surface area (Å²) >= 11 is 4.80. The standard InChI is InChI=1S/C14H26N2O2S/c1-11-3-5-12(6-4-11)18-10-8-14(17)16(2)9-7-13(15)19/h11-12H,3-10H2,1-2H3,(H2,15,19). The number of carbonyl (C=O) groups excluding carboxylic acids is 1. The maximum atomic E-state index is 11.8.